The van der Waals surface area contributed by atoms with Gasteiger partial charge in [0, 0.05) is 31.5 Å². The van der Waals surface area contributed by atoms with Gasteiger partial charge in [0.05, 0.1) is 17.9 Å². The van der Waals surface area contributed by atoms with Gasteiger partial charge >= 0.3 is 0 Å². The summed E-state index contributed by atoms with van der Waals surface area (Å²) in [5, 5.41) is 12.3. The lowest BCUT2D eigenvalue weighted by Crippen LogP contribution is -2.26. The van der Waals surface area contributed by atoms with Crippen molar-refractivity contribution < 1.29 is 19.0 Å². The zero-order valence-corrected chi connectivity index (χ0v) is 18.4. The maximum Gasteiger partial charge on any atom is 0.237 e. The average Bonchev–Trinajstić information content (AvgIpc) is 3.56. The summed E-state index contributed by atoms with van der Waals surface area (Å²) in [5.74, 6) is 2.12. The Labute approximate surface area is 185 Å². The molecule has 0 unspecified atom stereocenters. The van der Waals surface area contributed by atoms with Gasteiger partial charge in [0.25, 0.3) is 0 Å². The Hall–Kier alpha value is -2.46. The minimum atomic E-state index is -0.343. The van der Waals surface area contributed by atoms with Crippen LogP contribution in [0.1, 0.15) is 32.6 Å². The number of benzene rings is 1. The van der Waals surface area contributed by atoms with Crippen molar-refractivity contribution in [3.05, 3.63) is 18.2 Å². The Morgan fingerprint density at radius 2 is 2.06 bits per heavy atom. The zero-order valence-electron chi connectivity index (χ0n) is 17.6. The summed E-state index contributed by atoms with van der Waals surface area (Å²) in [6.45, 7) is 5.61. The number of aromatic nitrogens is 3. The molecule has 1 amide bonds. The van der Waals surface area contributed by atoms with E-state index >= 15 is 0 Å². The minimum absolute atomic E-state index is 0.0988. The molecular formula is C21H27N5O4S. The lowest BCUT2D eigenvalue weighted by atomic mass is 10.2. The first-order chi connectivity index (χ1) is 15.2. The van der Waals surface area contributed by atoms with E-state index in [4.69, 9.17) is 14.2 Å². The fourth-order valence-electron chi connectivity index (χ4n) is 4.10. The maximum atomic E-state index is 12.8. The lowest BCUT2D eigenvalue weighted by Gasteiger charge is -2.21. The van der Waals surface area contributed by atoms with E-state index in [9.17, 15) is 4.79 Å². The highest BCUT2D eigenvalue weighted by Crippen LogP contribution is 2.35. The maximum absolute atomic E-state index is 12.8. The summed E-state index contributed by atoms with van der Waals surface area (Å²) in [6, 6.07) is 5.40. The third-order valence-electron chi connectivity index (χ3n) is 5.79. The van der Waals surface area contributed by atoms with E-state index in [0.29, 0.717) is 17.2 Å². The molecule has 1 aromatic carbocycles. The van der Waals surface area contributed by atoms with Crippen LogP contribution in [0.25, 0.3) is 0 Å². The van der Waals surface area contributed by atoms with Crippen LogP contribution in [0.2, 0.25) is 0 Å². The Bertz CT molecular complexity index is 940. The van der Waals surface area contributed by atoms with E-state index in [1.807, 2.05) is 13.0 Å². The largest absolute Gasteiger partial charge is 0.454 e. The highest BCUT2D eigenvalue weighted by atomic mass is 32.2. The molecule has 1 N–H and O–H groups in total. The summed E-state index contributed by atoms with van der Waals surface area (Å²) in [5.41, 5.74) is 0.681. The van der Waals surface area contributed by atoms with E-state index in [0.717, 1.165) is 50.2 Å². The van der Waals surface area contributed by atoms with Crippen LogP contribution in [0.15, 0.2) is 23.4 Å². The fraction of sp³-hybridized carbons (Fsp3) is 0.571. The quantitative estimate of drug-likeness (QED) is 0.651. The number of rotatable bonds is 7. The Morgan fingerprint density at radius 1 is 1.23 bits per heavy atom. The number of amides is 1. The molecule has 9 nitrogen and oxygen atoms in total. The number of thioether (sulfide) groups is 1. The summed E-state index contributed by atoms with van der Waals surface area (Å²) in [4.78, 5) is 15.1. The molecule has 31 heavy (non-hydrogen) atoms. The number of anilines is 2. The molecule has 3 aliphatic rings. The van der Waals surface area contributed by atoms with E-state index < -0.39 is 0 Å². The van der Waals surface area contributed by atoms with Gasteiger partial charge in [-0.25, -0.2) is 0 Å². The first-order valence-electron chi connectivity index (χ1n) is 10.8. The lowest BCUT2D eigenvalue weighted by molar-refractivity contribution is -0.115. The molecule has 0 aliphatic carbocycles. The number of hydrogen-bond acceptors (Lipinski definition) is 8. The van der Waals surface area contributed by atoms with Crippen molar-refractivity contribution in [3.8, 4) is 11.5 Å². The van der Waals surface area contributed by atoms with E-state index in [1.165, 1.54) is 24.6 Å². The predicted molar refractivity (Wildman–Crippen MR) is 117 cm³/mol. The Balaban J connectivity index is 1.29. The van der Waals surface area contributed by atoms with Gasteiger partial charge in [-0.3, -0.25) is 9.36 Å². The molecule has 10 heteroatoms. The molecule has 2 saturated heterocycles. The van der Waals surface area contributed by atoms with Crippen molar-refractivity contribution in [3.63, 3.8) is 0 Å². The third-order valence-corrected chi connectivity index (χ3v) is 6.87. The van der Waals surface area contributed by atoms with E-state index in [2.05, 4.69) is 25.0 Å². The van der Waals surface area contributed by atoms with Gasteiger partial charge in [0.1, 0.15) is 0 Å². The molecule has 0 radical (unpaired) electrons. The SMILES string of the molecule is C[C@H](Sc1nnc(N2CCCC2)n1C[C@H]1CCCO1)C(=O)Nc1ccc2c(c1)OCO2. The van der Waals surface area contributed by atoms with Crippen LogP contribution in [-0.2, 0) is 16.1 Å². The first kappa shape index (κ1) is 20.4. The van der Waals surface area contributed by atoms with Crippen molar-refractivity contribution in [1.29, 1.82) is 0 Å². The predicted octanol–water partition coefficient (Wildman–Crippen LogP) is 2.91. The van der Waals surface area contributed by atoms with Gasteiger partial charge in [-0.2, -0.15) is 0 Å². The smallest absolute Gasteiger partial charge is 0.237 e. The normalized spacial score (nSPS) is 20.9. The zero-order chi connectivity index (χ0) is 21.2. The van der Waals surface area contributed by atoms with Crippen LogP contribution >= 0.6 is 11.8 Å². The van der Waals surface area contributed by atoms with Crippen LogP contribution in [0.4, 0.5) is 11.6 Å². The van der Waals surface area contributed by atoms with Crippen LogP contribution in [0.3, 0.4) is 0 Å². The second kappa shape index (κ2) is 8.96. The third kappa shape index (κ3) is 4.45. The highest BCUT2D eigenvalue weighted by molar-refractivity contribution is 8.00. The second-order valence-electron chi connectivity index (χ2n) is 8.04. The van der Waals surface area contributed by atoms with E-state index in [-0.39, 0.29) is 24.1 Å². The average molecular weight is 446 g/mol. The van der Waals surface area contributed by atoms with Gasteiger partial charge in [-0.15, -0.1) is 10.2 Å². The van der Waals surface area contributed by atoms with Gasteiger partial charge < -0.3 is 24.4 Å². The molecule has 0 saturated carbocycles. The van der Waals surface area contributed by atoms with Crippen molar-refractivity contribution in [2.45, 2.75) is 55.7 Å². The Morgan fingerprint density at radius 3 is 2.87 bits per heavy atom. The number of carbonyl (C=O) groups excluding carboxylic acids is 1. The van der Waals surface area contributed by atoms with Crippen molar-refractivity contribution in [2.75, 3.05) is 36.7 Å². The van der Waals surface area contributed by atoms with Crippen LogP contribution in [-0.4, -0.2) is 58.5 Å². The number of fused-ring (bicyclic) bond motifs is 1. The number of ether oxygens (including phenoxy) is 3. The molecule has 1 aromatic heterocycles. The molecule has 0 spiro atoms. The molecule has 2 atom stereocenters. The summed E-state index contributed by atoms with van der Waals surface area (Å²) < 4.78 is 18.7. The summed E-state index contributed by atoms with van der Waals surface area (Å²) in [6.07, 6.45) is 4.65. The topological polar surface area (TPSA) is 90.7 Å². The number of carbonyl (C=O) groups is 1. The van der Waals surface area contributed by atoms with Crippen LogP contribution < -0.4 is 19.7 Å². The second-order valence-corrected chi connectivity index (χ2v) is 9.35. The van der Waals surface area contributed by atoms with Gasteiger partial charge in [-0.05, 0) is 44.7 Å². The molecular weight excluding hydrogens is 418 g/mol. The standard InChI is InChI=1S/C21H27N5O4S/c1-14(19(27)22-15-6-7-17-18(11-15)30-13-29-17)31-21-24-23-20(25-8-2-3-9-25)26(21)12-16-5-4-10-28-16/h6-7,11,14,16H,2-5,8-10,12-13H2,1H3,(H,22,27)/t14-,16+/m0/s1. The fourth-order valence-corrected chi connectivity index (χ4v) is 4.95. The molecule has 2 fully saturated rings. The van der Waals surface area contributed by atoms with Crippen LogP contribution in [0, 0.1) is 0 Å². The Kier molecular flexibility index (Phi) is 5.91. The molecule has 4 heterocycles. The van der Waals surface area contributed by atoms with Crippen molar-refractivity contribution >= 4 is 29.3 Å². The molecule has 5 rings (SSSR count). The van der Waals surface area contributed by atoms with Gasteiger partial charge in [0.15, 0.2) is 16.7 Å². The summed E-state index contributed by atoms with van der Waals surface area (Å²) in [7, 11) is 0. The molecule has 166 valence electrons. The van der Waals surface area contributed by atoms with Crippen molar-refractivity contribution in [1.82, 2.24) is 14.8 Å². The number of hydrogen-bond donors (Lipinski definition) is 1. The van der Waals surface area contributed by atoms with Crippen molar-refractivity contribution in [2.24, 2.45) is 0 Å². The molecule has 0 bridgehead atoms. The van der Waals surface area contributed by atoms with Gasteiger partial charge in [-0.1, -0.05) is 11.8 Å². The molecule has 2 aromatic rings. The number of nitrogens with one attached hydrogen (secondary N) is 1. The highest BCUT2D eigenvalue weighted by Gasteiger charge is 2.27. The van der Waals surface area contributed by atoms with E-state index in [1.54, 1.807) is 12.1 Å². The summed E-state index contributed by atoms with van der Waals surface area (Å²) >= 11 is 1.43. The van der Waals surface area contributed by atoms with Crippen LogP contribution in [0.5, 0.6) is 11.5 Å². The monoisotopic (exact) mass is 445 g/mol. The number of nitrogens with zero attached hydrogens (tertiary/aromatic N) is 4. The minimum Gasteiger partial charge on any atom is -0.454 e. The first-order valence-corrected chi connectivity index (χ1v) is 11.7. The molecule has 3 aliphatic heterocycles. The van der Waals surface area contributed by atoms with Gasteiger partial charge in [0.2, 0.25) is 18.6 Å².